The van der Waals surface area contributed by atoms with E-state index in [0.717, 1.165) is 30.9 Å². The predicted octanol–water partition coefficient (Wildman–Crippen LogP) is 2.92. The molecule has 0 spiro atoms. The quantitative estimate of drug-likeness (QED) is 0.744. The van der Waals surface area contributed by atoms with Crippen LogP contribution in [0, 0.1) is 5.92 Å². The number of hydrogen-bond acceptors (Lipinski definition) is 3. The van der Waals surface area contributed by atoms with Crippen molar-refractivity contribution >= 4 is 5.69 Å². The van der Waals surface area contributed by atoms with Crippen molar-refractivity contribution in [1.82, 2.24) is 5.32 Å². The number of nitrogens with one attached hydrogen (secondary N) is 2. The fourth-order valence-corrected chi connectivity index (χ4v) is 2.02. The van der Waals surface area contributed by atoms with Gasteiger partial charge >= 0.3 is 0 Å². The van der Waals surface area contributed by atoms with Crippen LogP contribution in [0.2, 0.25) is 0 Å². The van der Waals surface area contributed by atoms with Gasteiger partial charge in [-0.3, -0.25) is 0 Å². The van der Waals surface area contributed by atoms with Crippen molar-refractivity contribution in [2.75, 3.05) is 32.6 Å². The Morgan fingerprint density at radius 1 is 1.22 bits per heavy atom. The van der Waals surface area contributed by atoms with Gasteiger partial charge in [-0.25, -0.2) is 0 Å². The average molecular weight is 250 g/mol. The van der Waals surface area contributed by atoms with Crippen molar-refractivity contribution in [1.29, 1.82) is 0 Å². The van der Waals surface area contributed by atoms with E-state index < -0.39 is 0 Å². The largest absolute Gasteiger partial charge is 0.495 e. The number of benzene rings is 1. The van der Waals surface area contributed by atoms with Crippen LogP contribution in [0.3, 0.4) is 0 Å². The molecule has 0 fully saturated rings. The highest BCUT2D eigenvalue weighted by Crippen LogP contribution is 2.26. The van der Waals surface area contributed by atoms with E-state index in [9.17, 15) is 0 Å². The molecule has 1 aromatic rings. The van der Waals surface area contributed by atoms with Crippen LogP contribution in [-0.2, 0) is 6.42 Å². The summed E-state index contributed by atoms with van der Waals surface area (Å²) in [5.41, 5.74) is 2.44. The maximum atomic E-state index is 5.39. The van der Waals surface area contributed by atoms with E-state index in [4.69, 9.17) is 4.74 Å². The topological polar surface area (TPSA) is 33.3 Å². The summed E-state index contributed by atoms with van der Waals surface area (Å²) in [6.07, 6.45) is 2.22. The number of aryl methyl sites for hydroxylation is 1. The standard InChI is InChI=1S/C15H26N2O/c1-5-12-7-8-15(18-4)14(9-12)17-11-13(6-2)10-16-3/h7-9,13,16-17H,5-6,10-11H2,1-4H3. The molecule has 3 nitrogen and oxygen atoms in total. The molecule has 1 aromatic carbocycles. The first-order valence-corrected chi connectivity index (χ1v) is 6.80. The van der Waals surface area contributed by atoms with Gasteiger partial charge in [-0.2, -0.15) is 0 Å². The smallest absolute Gasteiger partial charge is 0.141 e. The lowest BCUT2D eigenvalue weighted by Crippen LogP contribution is -2.25. The maximum absolute atomic E-state index is 5.39. The summed E-state index contributed by atoms with van der Waals surface area (Å²) in [6, 6.07) is 6.35. The molecule has 2 N–H and O–H groups in total. The lowest BCUT2D eigenvalue weighted by molar-refractivity contribution is 0.415. The van der Waals surface area contributed by atoms with E-state index in [1.165, 1.54) is 12.0 Å². The lowest BCUT2D eigenvalue weighted by Gasteiger charge is -2.18. The molecule has 18 heavy (non-hydrogen) atoms. The van der Waals surface area contributed by atoms with E-state index >= 15 is 0 Å². The van der Waals surface area contributed by atoms with Gasteiger partial charge in [0.15, 0.2) is 0 Å². The molecule has 1 unspecified atom stereocenters. The SMILES string of the molecule is CCc1ccc(OC)c(NCC(CC)CNC)c1. The third-order valence-corrected chi connectivity index (χ3v) is 3.32. The normalized spacial score (nSPS) is 12.2. The van der Waals surface area contributed by atoms with Gasteiger partial charge in [-0.05, 0) is 43.6 Å². The van der Waals surface area contributed by atoms with Gasteiger partial charge in [-0.1, -0.05) is 26.3 Å². The molecule has 0 saturated heterocycles. The Balaban J connectivity index is 2.69. The molecule has 1 rings (SSSR count). The Labute approximate surface area is 111 Å². The summed E-state index contributed by atoms with van der Waals surface area (Å²) in [5.74, 6) is 1.57. The number of ether oxygens (including phenoxy) is 1. The van der Waals surface area contributed by atoms with E-state index in [1.54, 1.807) is 7.11 Å². The molecular weight excluding hydrogens is 224 g/mol. The second-order valence-corrected chi connectivity index (χ2v) is 4.60. The predicted molar refractivity (Wildman–Crippen MR) is 78.6 cm³/mol. The van der Waals surface area contributed by atoms with Gasteiger partial charge in [-0.15, -0.1) is 0 Å². The zero-order valence-corrected chi connectivity index (χ0v) is 12.0. The Morgan fingerprint density at radius 3 is 2.56 bits per heavy atom. The number of methoxy groups -OCH3 is 1. The molecule has 0 aromatic heterocycles. The Bertz CT molecular complexity index is 352. The molecule has 0 aliphatic carbocycles. The summed E-state index contributed by atoms with van der Waals surface area (Å²) < 4.78 is 5.39. The first kappa shape index (κ1) is 14.8. The molecule has 3 heteroatoms. The monoisotopic (exact) mass is 250 g/mol. The molecule has 0 saturated carbocycles. The van der Waals surface area contributed by atoms with Crippen LogP contribution in [-0.4, -0.2) is 27.2 Å². The third-order valence-electron chi connectivity index (χ3n) is 3.32. The summed E-state index contributed by atoms with van der Waals surface area (Å²) >= 11 is 0. The van der Waals surface area contributed by atoms with Crippen LogP contribution in [0.1, 0.15) is 25.8 Å². The van der Waals surface area contributed by atoms with E-state index in [1.807, 2.05) is 13.1 Å². The van der Waals surface area contributed by atoms with Crippen molar-refractivity contribution in [3.63, 3.8) is 0 Å². The number of rotatable bonds is 8. The third kappa shape index (κ3) is 4.22. The van der Waals surface area contributed by atoms with Gasteiger partial charge in [0.2, 0.25) is 0 Å². The molecule has 0 bridgehead atoms. The summed E-state index contributed by atoms with van der Waals surface area (Å²) in [6.45, 7) is 6.41. The highest BCUT2D eigenvalue weighted by atomic mass is 16.5. The molecular formula is C15H26N2O. The fourth-order valence-electron chi connectivity index (χ4n) is 2.02. The van der Waals surface area contributed by atoms with Crippen molar-refractivity contribution in [3.05, 3.63) is 23.8 Å². The van der Waals surface area contributed by atoms with Gasteiger partial charge in [0, 0.05) is 6.54 Å². The highest BCUT2D eigenvalue weighted by molar-refractivity contribution is 5.58. The second-order valence-electron chi connectivity index (χ2n) is 4.60. The summed E-state index contributed by atoms with van der Waals surface area (Å²) in [4.78, 5) is 0. The highest BCUT2D eigenvalue weighted by Gasteiger charge is 2.08. The summed E-state index contributed by atoms with van der Waals surface area (Å²) in [5, 5.41) is 6.74. The number of hydrogen-bond donors (Lipinski definition) is 2. The minimum absolute atomic E-state index is 0.644. The van der Waals surface area contributed by atoms with Crippen molar-refractivity contribution in [2.45, 2.75) is 26.7 Å². The molecule has 0 aliphatic rings. The van der Waals surface area contributed by atoms with E-state index in [-0.39, 0.29) is 0 Å². The molecule has 0 aliphatic heterocycles. The van der Waals surface area contributed by atoms with Crippen LogP contribution in [0.15, 0.2) is 18.2 Å². The first-order chi connectivity index (χ1) is 8.74. The molecule has 1 atom stereocenters. The van der Waals surface area contributed by atoms with Crippen molar-refractivity contribution in [2.24, 2.45) is 5.92 Å². The minimum atomic E-state index is 0.644. The van der Waals surface area contributed by atoms with Crippen molar-refractivity contribution in [3.8, 4) is 5.75 Å². The first-order valence-electron chi connectivity index (χ1n) is 6.80. The van der Waals surface area contributed by atoms with Gasteiger partial charge in [0.05, 0.1) is 12.8 Å². The molecule has 0 heterocycles. The molecule has 0 amide bonds. The van der Waals surface area contributed by atoms with Gasteiger partial charge < -0.3 is 15.4 Å². The summed E-state index contributed by atoms with van der Waals surface area (Å²) in [7, 11) is 3.72. The van der Waals surface area contributed by atoms with Crippen LogP contribution in [0.4, 0.5) is 5.69 Å². The van der Waals surface area contributed by atoms with Gasteiger partial charge in [0.25, 0.3) is 0 Å². The van der Waals surface area contributed by atoms with Crippen LogP contribution in [0.25, 0.3) is 0 Å². The van der Waals surface area contributed by atoms with E-state index in [2.05, 4.69) is 36.6 Å². The van der Waals surface area contributed by atoms with Crippen molar-refractivity contribution < 1.29 is 4.74 Å². The molecule has 102 valence electrons. The molecule has 0 radical (unpaired) electrons. The van der Waals surface area contributed by atoms with E-state index in [0.29, 0.717) is 5.92 Å². The lowest BCUT2D eigenvalue weighted by atomic mass is 10.1. The Morgan fingerprint density at radius 2 is 2.00 bits per heavy atom. The van der Waals surface area contributed by atoms with Crippen LogP contribution < -0.4 is 15.4 Å². The minimum Gasteiger partial charge on any atom is -0.495 e. The Kier molecular flexibility index (Phi) is 6.58. The Hall–Kier alpha value is -1.22. The maximum Gasteiger partial charge on any atom is 0.141 e. The second kappa shape index (κ2) is 7.98. The fraction of sp³-hybridized carbons (Fsp3) is 0.600. The zero-order valence-electron chi connectivity index (χ0n) is 12.0. The van der Waals surface area contributed by atoms with Crippen LogP contribution in [0.5, 0.6) is 5.75 Å². The average Bonchev–Trinajstić information content (AvgIpc) is 2.43. The zero-order chi connectivity index (χ0) is 13.4. The van der Waals surface area contributed by atoms with Gasteiger partial charge in [0.1, 0.15) is 5.75 Å². The number of anilines is 1. The van der Waals surface area contributed by atoms with Crippen LogP contribution >= 0.6 is 0 Å².